The van der Waals surface area contributed by atoms with Crippen LogP contribution in [0.4, 0.5) is 0 Å². The minimum atomic E-state index is 0. The number of benzene rings is 1. The molecule has 4 heteroatoms. The van der Waals surface area contributed by atoms with Gasteiger partial charge in [0.2, 0.25) is 0 Å². The molecular formula is C12H17BrClNO. The molecule has 90 valence electrons. The highest BCUT2D eigenvalue weighted by Gasteiger charge is 2.25. The Morgan fingerprint density at radius 2 is 2.19 bits per heavy atom. The number of hydrogen-bond donors (Lipinski definition) is 1. The normalized spacial score (nSPS) is 16.4. The molecule has 1 aromatic carbocycles. The van der Waals surface area contributed by atoms with Gasteiger partial charge in [0.05, 0.1) is 7.11 Å². The standard InChI is InChI=1S/C12H16BrNO.ClH/c1-15-9-4-5-11(13)10(7-9)12(14)6-8-2-3-8;/h4-5,7-8,12H,2-3,6,14H2,1H3;1H/t12-;/m1./s1. The van der Waals surface area contributed by atoms with E-state index in [1.54, 1.807) is 7.11 Å². The zero-order valence-corrected chi connectivity index (χ0v) is 11.7. The highest BCUT2D eigenvalue weighted by atomic mass is 79.9. The van der Waals surface area contributed by atoms with Crippen LogP contribution in [0.15, 0.2) is 22.7 Å². The number of methoxy groups -OCH3 is 1. The first-order chi connectivity index (χ1) is 7.20. The van der Waals surface area contributed by atoms with E-state index in [0.717, 1.165) is 28.1 Å². The van der Waals surface area contributed by atoms with Gasteiger partial charge in [-0.15, -0.1) is 12.4 Å². The van der Waals surface area contributed by atoms with Crippen molar-refractivity contribution in [1.82, 2.24) is 0 Å². The average Bonchev–Trinajstić information content (AvgIpc) is 3.02. The SMILES string of the molecule is COc1ccc(Br)c([C@H](N)CC2CC2)c1.Cl. The van der Waals surface area contributed by atoms with Crippen molar-refractivity contribution in [3.05, 3.63) is 28.2 Å². The summed E-state index contributed by atoms with van der Waals surface area (Å²) >= 11 is 3.54. The Kier molecular flexibility index (Phi) is 5.09. The Morgan fingerprint density at radius 3 is 2.75 bits per heavy atom. The van der Waals surface area contributed by atoms with Gasteiger partial charge >= 0.3 is 0 Å². The monoisotopic (exact) mass is 305 g/mol. The second-order valence-corrected chi connectivity index (χ2v) is 5.03. The molecule has 0 spiro atoms. The molecule has 0 radical (unpaired) electrons. The molecule has 1 aliphatic rings. The summed E-state index contributed by atoms with van der Waals surface area (Å²) in [5.41, 5.74) is 7.33. The van der Waals surface area contributed by atoms with E-state index in [1.807, 2.05) is 18.2 Å². The lowest BCUT2D eigenvalue weighted by atomic mass is 10.0. The molecule has 0 unspecified atom stereocenters. The summed E-state index contributed by atoms with van der Waals surface area (Å²) in [7, 11) is 1.68. The molecule has 0 heterocycles. The average molecular weight is 307 g/mol. The molecule has 1 saturated carbocycles. The first-order valence-electron chi connectivity index (χ1n) is 5.29. The second-order valence-electron chi connectivity index (χ2n) is 4.17. The lowest BCUT2D eigenvalue weighted by Gasteiger charge is -2.14. The van der Waals surface area contributed by atoms with Crippen molar-refractivity contribution in [1.29, 1.82) is 0 Å². The van der Waals surface area contributed by atoms with E-state index in [2.05, 4.69) is 15.9 Å². The molecule has 1 aromatic rings. The van der Waals surface area contributed by atoms with Crippen LogP contribution >= 0.6 is 28.3 Å². The Morgan fingerprint density at radius 1 is 1.50 bits per heavy atom. The topological polar surface area (TPSA) is 35.2 Å². The van der Waals surface area contributed by atoms with Gasteiger partial charge in [0, 0.05) is 10.5 Å². The first kappa shape index (κ1) is 13.8. The Balaban J connectivity index is 0.00000128. The molecule has 2 N–H and O–H groups in total. The third-order valence-electron chi connectivity index (χ3n) is 2.89. The second kappa shape index (κ2) is 5.89. The molecule has 0 aromatic heterocycles. The van der Waals surface area contributed by atoms with E-state index in [-0.39, 0.29) is 18.4 Å². The van der Waals surface area contributed by atoms with Crippen LogP contribution in [0.5, 0.6) is 5.75 Å². The molecular weight excluding hydrogens is 289 g/mol. The zero-order chi connectivity index (χ0) is 10.8. The van der Waals surface area contributed by atoms with Crippen LogP contribution in [0.3, 0.4) is 0 Å². The van der Waals surface area contributed by atoms with Crippen molar-refractivity contribution in [2.24, 2.45) is 11.7 Å². The van der Waals surface area contributed by atoms with E-state index in [1.165, 1.54) is 12.8 Å². The van der Waals surface area contributed by atoms with Gasteiger partial charge in [0.25, 0.3) is 0 Å². The summed E-state index contributed by atoms with van der Waals surface area (Å²) in [5, 5.41) is 0. The summed E-state index contributed by atoms with van der Waals surface area (Å²) in [6, 6.07) is 6.09. The lowest BCUT2D eigenvalue weighted by Crippen LogP contribution is -2.11. The Bertz CT molecular complexity index is 355. The van der Waals surface area contributed by atoms with E-state index in [9.17, 15) is 0 Å². The summed E-state index contributed by atoms with van der Waals surface area (Å²) < 4.78 is 6.28. The van der Waals surface area contributed by atoms with Gasteiger partial charge in [-0.2, -0.15) is 0 Å². The van der Waals surface area contributed by atoms with E-state index in [0.29, 0.717) is 0 Å². The van der Waals surface area contributed by atoms with Crippen LogP contribution in [0.2, 0.25) is 0 Å². The fourth-order valence-electron chi connectivity index (χ4n) is 1.77. The summed E-state index contributed by atoms with van der Waals surface area (Å²) in [6.45, 7) is 0. The first-order valence-corrected chi connectivity index (χ1v) is 6.09. The smallest absolute Gasteiger partial charge is 0.119 e. The molecule has 1 atom stereocenters. The fourth-order valence-corrected chi connectivity index (χ4v) is 2.31. The van der Waals surface area contributed by atoms with Gasteiger partial charge in [0.1, 0.15) is 5.75 Å². The third-order valence-corrected chi connectivity index (χ3v) is 3.61. The van der Waals surface area contributed by atoms with Crippen molar-refractivity contribution >= 4 is 28.3 Å². The van der Waals surface area contributed by atoms with Crippen molar-refractivity contribution < 1.29 is 4.74 Å². The highest BCUT2D eigenvalue weighted by molar-refractivity contribution is 9.10. The van der Waals surface area contributed by atoms with Gasteiger partial charge < -0.3 is 10.5 Å². The quantitative estimate of drug-likeness (QED) is 0.921. The van der Waals surface area contributed by atoms with Gasteiger partial charge in [0.15, 0.2) is 0 Å². The van der Waals surface area contributed by atoms with Crippen LogP contribution in [-0.2, 0) is 0 Å². The lowest BCUT2D eigenvalue weighted by molar-refractivity contribution is 0.413. The maximum Gasteiger partial charge on any atom is 0.119 e. The molecule has 0 saturated heterocycles. The zero-order valence-electron chi connectivity index (χ0n) is 9.28. The van der Waals surface area contributed by atoms with E-state index in [4.69, 9.17) is 10.5 Å². The van der Waals surface area contributed by atoms with Crippen molar-refractivity contribution in [2.75, 3.05) is 7.11 Å². The highest BCUT2D eigenvalue weighted by Crippen LogP contribution is 2.38. The van der Waals surface area contributed by atoms with Crippen LogP contribution in [0, 0.1) is 5.92 Å². The molecule has 0 amide bonds. The summed E-state index contributed by atoms with van der Waals surface area (Å²) in [5.74, 6) is 1.72. The molecule has 2 nitrogen and oxygen atoms in total. The number of nitrogens with two attached hydrogens (primary N) is 1. The van der Waals surface area contributed by atoms with E-state index < -0.39 is 0 Å². The number of rotatable bonds is 4. The maximum atomic E-state index is 6.17. The van der Waals surface area contributed by atoms with Gasteiger partial charge in [-0.3, -0.25) is 0 Å². The van der Waals surface area contributed by atoms with Crippen LogP contribution < -0.4 is 10.5 Å². The molecule has 1 aliphatic carbocycles. The number of ether oxygens (including phenoxy) is 1. The van der Waals surface area contributed by atoms with Crippen molar-refractivity contribution in [3.8, 4) is 5.75 Å². The number of halogens is 2. The Labute approximate surface area is 111 Å². The molecule has 0 bridgehead atoms. The van der Waals surface area contributed by atoms with Gasteiger partial charge in [-0.1, -0.05) is 28.8 Å². The number of hydrogen-bond acceptors (Lipinski definition) is 2. The van der Waals surface area contributed by atoms with Crippen molar-refractivity contribution in [2.45, 2.75) is 25.3 Å². The maximum absolute atomic E-state index is 6.17. The van der Waals surface area contributed by atoms with Crippen LogP contribution in [-0.4, -0.2) is 7.11 Å². The third kappa shape index (κ3) is 3.37. The summed E-state index contributed by atoms with van der Waals surface area (Å²) in [6.07, 6.45) is 3.77. The van der Waals surface area contributed by atoms with Crippen molar-refractivity contribution in [3.63, 3.8) is 0 Å². The minimum Gasteiger partial charge on any atom is -0.497 e. The van der Waals surface area contributed by atoms with Crippen LogP contribution in [0.1, 0.15) is 30.9 Å². The molecule has 2 rings (SSSR count). The molecule has 16 heavy (non-hydrogen) atoms. The van der Waals surface area contributed by atoms with Crippen LogP contribution in [0.25, 0.3) is 0 Å². The predicted octanol–water partition coefficient (Wildman–Crippen LogP) is 3.68. The molecule has 1 fully saturated rings. The van der Waals surface area contributed by atoms with E-state index >= 15 is 0 Å². The fraction of sp³-hybridized carbons (Fsp3) is 0.500. The minimum absolute atomic E-state index is 0. The predicted molar refractivity (Wildman–Crippen MR) is 72.2 cm³/mol. The summed E-state index contributed by atoms with van der Waals surface area (Å²) in [4.78, 5) is 0. The van der Waals surface area contributed by atoms with Gasteiger partial charge in [-0.25, -0.2) is 0 Å². The molecule has 0 aliphatic heterocycles. The Hall–Kier alpha value is -0.250. The largest absolute Gasteiger partial charge is 0.497 e. The van der Waals surface area contributed by atoms with Gasteiger partial charge in [-0.05, 0) is 36.1 Å².